The Labute approximate surface area is 133 Å². The Hall–Kier alpha value is -1.36. The summed E-state index contributed by atoms with van der Waals surface area (Å²) in [4.78, 5) is 23.1. The molecule has 1 rings (SSSR count). The molecule has 0 amide bonds. The van der Waals surface area contributed by atoms with Crippen molar-refractivity contribution < 1.29 is 19.1 Å². The summed E-state index contributed by atoms with van der Waals surface area (Å²) >= 11 is 3.37. The van der Waals surface area contributed by atoms with Crippen LogP contribution in [-0.4, -0.2) is 18.5 Å². The van der Waals surface area contributed by atoms with Crippen LogP contribution in [0.5, 0.6) is 0 Å². The van der Waals surface area contributed by atoms with E-state index in [1.807, 2.05) is 38.1 Å². The first-order chi connectivity index (χ1) is 9.88. The number of halogens is 1. The van der Waals surface area contributed by atoms with E-state index in [1.165, 1.54) is 0 Å². The SMILES string of the molecule is CC(C)COC(=O)CCC(=O)OC(C)c1cccc(Br)c1. The molecule has 1 aromatic rings. The quantitative estimate of drug-likeness (QED) is 0.692. The number of carbonyl (C=O) groups is 2. The molecule has 0 radical (unpaired) electrons. The molecule has 0 bridgehead atoms. The van der Waals surface area contributed by atoms with E-state index in [2.05, 4.69) is 15.9 Å². The van der Waals surface area contributed by atoms with E-state index in [4.69, 9.17) is 9.47 Å². The Bertz CT molecular complexity index is 485. The third-order valence-electron chi connectivity index (χ3n) is 2.74. The maximum atomic E-state index is 11.7. The van der Waals surface area contributed by atoms with E-state index < -0.39 is 5.97 Å². The van der Waals surface area contributed by atoms with Crippen molar-refractivity contribution in [1.29, 1.82) is 0 Å². The number of carbonyl (C=O) groups excluding carboxylic acids is 2. The number of hydrogen-bond acceptors (Lipinski definition) is 4. The van der Waals surface area contributed by atoms with Gasteiger partial charge in [0.1, 0.15) is 6.10 Å². The average molecular weight is 357 g/mol. The fraction of sp³-hybridized carbons (Fsp3) is 0.500. The van der Waals surface area contributed by atoms with Gasteiger partial charge in [0.2, 0.25) is 0 Å². The van der Waals surface area contributed by atoms with Crippen molar-refractivity contribution in [2.24, 2.45) is 5.92 Å². The topological polar surface area (TPSA) is 52.6 Å². The molecule has 0 saturated carbocycles. The average Bonchev–Trinajstić information content (AvgIpc) is 2.42. The molecule has 0 fully saturated rings. The van der Waals surface area contributed by atoms with Crippen LogP contribution in [0.4, 0.5) is 0 Å². The lowest BCUT2D eigenvalue weighted by atomic mass is 10.1. The highest BCUT2D eigenvalue weighted by atomic mass is 79.9. The normalized spacial score (nSPS) is 12.0. The Morgan fingerprint density at radius 3 is 2.43 bits per heavy atom. The molecule has 0 spiro atoms. The van der Waals surface area contributed by atoms with Gasteiger partial charge in [0.25, 0.3) is 0 Å². The number of ether oxygens (including phenoxy) is 2. The first kappa shape index (κ1) is 17.7. The van der Waals surface area contributed by atoms with Crippen LogP contribution in [-0.2, 0) is 19.1 Å². The Kier molecular flexibility index (Phi) is 7.43. The zero-order chi connectivity index (χ0) is 15.8. The molecule has 0 aliphatic carbocycles. The molecule has 0 aliphatic heterocycles. The molecule has 0 heterocycles. The highest BCUT2D eigenvalue weighted by Crippen LogP contribution is 2.21. The molecule has 1 unspecified atom stereocenters. The first-order valence-electron chi connectivity index (χ1n) is 6.99. The van der Waals surface area contributed by atoms with Gasteiger partial charge in [-0.15, -0.1) is 0 Å². The minimum atomic E-state index is -0.399. The Balaban J connectivity index is 2.35. The lowest BCUT2D eigenvalue weighted by molar-refractivity contribution is -0.153. The summed E-state index contributed by atoms with van der Waals surface area (Å²) in [5.41, 5.74) is 0.903. The van der Waals surface area contributed by atoms with Crippen molar-refractivity contribution in [1.82, 2.24) is 0 Å². The smallest absolute Gasteiger partial charge is 0.306 e. The maximum Gasteiger partial charge on any atom is 0.306 e. The van der Waals surface area contributed by atoms with Gasteiger partial charge in [-0.2, -0.15) is 0 Å². The maximum absolute atomic E-state index is 11.7. The summed E-state index contributed by atoms with van der Waals surface area (Å²) in [6, 6.07) is 7.57. The number of benzene rings is 1. The lowest BCUT2D eigenvalue weighted by Crippen LogP contribution is -2.14. The van der Waals surface area contributed by atoms with Crippen molar-refractivity contribution in [3.8, 4) is 0 Å². The second-order valence-corrected chi connectivity index (χ2v) is 6.18. The van der Waals surface area contributed by atoms with Crippen molar-refractivity contribution in [3.63, 3.8) is 0 Å². The summed E-state index contributed by atoms with van der Waals surface area (Å²) in [7, 11) is 0. The lowest BCUT2D eigenvalue weighted by Gasteiger charge is -2.14. The van der Waals surface area contributed by atoms with E-state index in [9.17, 15) is 9.59 Å². The molecule has 0 aliphatic rings. The first-order valence-corrected chi connectivity index (χ1v) is 7.78. The Morgan fingerprint density at radius 2 is 1.81 bits per heavy atom. The molecule has 1 aromatic carbocycles. The van der Waals surface area contributed by atoms with E-state index in [-0.39, 0.29) is 30.8 Å². The van der Waals surface area contributed by atoms with E-state index in [1.54, 1.807) is 6.92 Å². The van der Waals surface area contributed by atoms with Crippen LogP contribution in [0.15, 0.2) is 28.7 Å². The summed E-state index contributed by atoms with van der Waals surface area (Å²) in [6.07, 6.45) is -0.256. The molecule has 5 heteroatoms. The van der Waals surface area contributed by atoms with Crippen LogP contribution >= 0.6 is 15.9 Å². The molecule has 4 nitrogen and oxygen atoms in total. The van der Waals surface area contributed by atoms with Gasteiger partial charge in [0.15, 0.2) is 0 Å². The predicted octanol–water partition coefficient (Wildman–Crippen LogP) is 4.03. The zero-order valence-corrected chi connectivity index (χ0v) is 14.2. The van der Waals surface area contributed by atoms with Crippen LogP contribution in [0.3, 0.4) is 0 Å². The highest BCUT2D eigenvalue weighted by Gasteiger charge is 2.14. The summed E-state index contributed by atoms with van der Waals surface area (Å²) < 4.78 is 11.2. The highest BCUT2D eigenvalue weighted by molar-refractivity contribution is 9.10. The van der Waals surface area contributed by atoms with Gasteiger partial charge in [-0.1, -0.05) is 41.9 Å². The van der Waals surface area contributed by atoms with Gasteiger partial charge in [-0.05, 0) is 30.5 Å². The van der Waals surface area contributed by atoms with E-state index >= 15 is 0 Å². The largest absolute Gasteiger partial charge is 0.465 e. The third kappa shape index (κ3) is 7.27. The molecular weight excluding hydrogens is 336 g/mol. The zero-order valence-electron chi connectivity index (χ0n) is 12.6. The predicted molar refractivity (Wildman–Crippen MR) is 83.7 cm³/mol. The van der Waals surface area contributed by atoms with Gasteiger partial charge < -0.3 is 9.47 Å². The van der Waals surface area contributed by atoms with Gasteiger partial charge in [0, 0.05) is 4.47 Å². The Morgan fingerprint density at radius 1 is 1.14 bits per heavy atom. The van der Waals surface area contributed by atoms with Crippen molar-refractivity contribution in [2.45, 2.75) is 39.7 Å². The van der Waals surface area contributed by atoms with Gasteiger partial charge >= 0.3 is 11.9 Å². The number of esters is 2. The summed E-state index contributed by atoms with van der Waals surface area (Å²) in [5, 5.41) is 0. The van der Waals surface area contributed by atoms with Crippen LogP contribution in [0.25, 0.3) is 0 Å². The molecule has 0 aromatic heterocycles. The van der Waals surface area contributed by atoms with Crippen LogP contribution in [0.1, 0.15) is 45.3 Å². The standard InChI is InChI=1S/C16H21BrO4/c1-11(2)10-20-15(18)7-8-16(19)21-12(3)13-5-4-6-14(17)9-13/h4-6,9,11-12H,7-8,10H2,1-3H3. The summed E-state index contributed by atoms with van der Waals surface area (Å²) in [6.45, 7) is 6.10. The van der Waals surface area contributed by atoms with Gasteiger partial charge in [-0.25, -0.2) is 0 Å². The number of hydrogen-bond donors (Lipinski definition) is 0. The van der Waals surface area contributed by atoms with Crippen molar-refractivity contribution >= 4 is 27.9 Å². The third-order valence-corrected chi connectivity index (χ3v) is 3.23. The van der Waals surface area contributed by atoms with Crippen LogP contribution in [0, 0.1) is 5.92 Å². The van der Waals surface area contributed by atoms with E-state index in [0.29, 0.717) is 6.61 Å². The molecule has 116 valence electrons. The van der Waals surface area contributed by atoms with Crippen molar-refractivity contribution in [2.75, 3.05) is 6.61 Å². The molecule has 1 atom stereocenters. The summed E-state index contributed by atoms with van der Waals surface area (Å²) in [5.74, 6) is -0.475. The second kappa shape index (κ2) is 8.82. The van der Waals surface area contributed by atoms with Gasteiger partial charge in [-0.3, -0.25) is 9.59 Å². The van der Waals surface area contributed by atoms with Gasteiger partial charge in [0.05, 0.1) is 19.4 Å². The number of rotatable bonds is 7. The molecule has 0 N–H and O–H groups in total. The van der Waals surface area contributed by atoms with Crippen LogP contribution < -0.4 is 0 Å². The monoisotopic (exact) mass is 356 g/mol. The second-order valence-electron chi connectivity index (χ2n) is 5.26. The minimum absolute atomic E-state index is 0.0370. The van der Waals surface area contributed by atoms with E-state index in [0.717, 1.165) is 10.0 Å². The van der Waals surface area contributed by atoms with Crippen molar-refractivity contribution in [3.05, 3.63) is 34.3 Å². The van der Waals surface area contributed by atoms with Crippen LogP contribution in [0.2, 0.25) is 0 Å². The molecule has 21 heavy (non-hydrogen) atoms. The molecular formula is C16H21BrO4. The fourth-order valence-corrected chi connectivity index (χ4v) is 2.04. The minimum Gasteiger partial charge on any atom is -0.465 e. The fourth-order valence-electron chi connectivity index (χ4n) is 1.62. The molecule has 0 saturated heterocycles.